The topological polar surface area (TPSA) is 25.8 Å². The van der Waals surface area contributed by atoms with Crippen LogP contribution in [0.3, 0.4) is 0 Å². The Labute approximate surface area is 81.6 Å². The summed E-state index contributed by atoms with van der Waals surface area (Å²) >= 11 is 5.87. The lowest BCUT2D eigenvalue weighted by atomic mass is 10.2. The SMILES string of the molecule is Cc1ccc2nc(C)c(Cl)nc2c1. The van der Waals surface area contributed by atoms with Crippen molar-refractivity contribution in [2.45, 2.75) is 13.8 Å². The largest absolute Gasteiger partial charge is 0.248 e. The van der Waals surface area contributed by atoms with Crippen LogP contribution >= 0.6 is 11.6 Å². The molecular weight excluding hydrogens is 184 g/mol. The van der Waals surface area contributed by atoms with Gasteiger partial charge in [0.2, 0.25) is 0 Å². The summed E-state index contributed by atoms with van der Waals surface area (Å²) < 4.78 is 0. The Hall–Kier alpha value is -1.15. The Bertz CT molecular complexity index is 466. The van der Waals surface area contributed by atoms with Gasteiger partial charge in [-0.05, 0) is 31.5 Å². The van der Waals surface area contributed by atoms with Crippen LogP contribution in [-0.2, 0) is 0 Å². The second kappa shape index (κ2) is 2.96. The molecule has 0 spiro atoms. The predicted octanol–water partition coefficient (Wildman–Crippen LogP) is 2.90. The number of hydrogen-bond donors (Lipinski definition) is 0. The molecule has 0 radical (unpaired) electrons. The summed E-state index contributed by atoms with van der Waals surface area (Å²) in [6, 6.07) is 5.96. The van der Waals surface area contributed by atoms with Crippen LogP contribution in [0.25, 0.3) is 11.0 Å². The summed E-state index contributed by atoms with van der Waals surface area (Å²) in [5, 5.41) is 0.484. The Morgan fingerprint density at radius 2 is 1.85 bits per heavy atom. The molecule has 2 nitrogen and oxygen atoms in total. The van der Waals surface area contributed by atoms with Crippen LogP contribution in [-0.4, -0.2) is 9.97 Å². The van der Waals surface area contributed by atoms with Crippen molar-refractivity contribution in [1.29, 1.82) is 0 Å². The van der Waals surface area contributed by atoms with E-state index in [9.17, 15) is 0 Å². The molecule has 2 rings (SSSR count). The van der Waals surface area contributed by atoms with Gasteiger partial charge in [-0.1, -0.05) is 17.7 Å². The molecule has 0 bridgehead atoms. The second-order valence-corrected chi connectivity index (χ2v) is 3.45. The minimum absolute atomic E-state index is 0.484. The normalized spacial score (nSPS) is 10.7. The monoisotopic (exact) mass is 192 g/mol. The van der Waals surface area contributed by atoms with E-state index in [1.807, 2.05) is 32.0 Å². The van der Waals surface area contributed by atoms with Gasteiger partial charge in [0.1, 0.15) is 0 Å². The number of halogens is 1. The Balaban J connectivity index is 2.81. The van der Waals surface area contributed by atoms with Gasteiger partial charge in [0.15, 0.2) is 5.15 Å². The third kappa shape index (κ3) is 1.49. The van der Waals surface area contributed by atoms with Gasteiger partial charge in [-0.15, -0.1) is 0 Å². The molecule has 13 heavy (non-hydrogen) atoms. The first-order valence-electron chi connectivity index (χ1n) is 4.07. The molecule has 1 aromatic heterocycles. The molecule has 0 aliphatic rings. The average molecular weight is 193 g/mol. The quantitative estimate of drug-likeness (QED) is 0.642. The van der Waals surface area contributed by atoms with Crippen LogP contribution < -0.4 is 0 Å². The molecule has 0 atom stereocenters. The molecule has 0 saturated heterocycles. The van der Waals surface area contributed by atoms with E-state index < -0.39 is 0 Å². The van der Waals surface area contributed by atoms with Gasteiger partial charge in [0.05, 0.1) is 16.7 Å². The van der Waals surface area contributed by atoms with Crippen LogP contribution in [0, 0.1) is 13.8 Å². The zero-order valence-electron chi connectivity index (χ0n) is 7.50. The van der Waals surface area contributed by atoms with Crippen LogP contribution in [0.1, 0.15) is 11.3 Å². The first-order valence-corrected chi connectivity index (χ1v) is 4.45. The number of nitrogens with zero attached hydrogens (tertiary/aromatic N) is 2. The second-order valence-electron chi connectivity index (χ2n) is 3.09. The maximum atomic E-state index is 5.87. The minimum atomic E-state index is 0.484. The summed E-state index contributed by atoms with van der Waals surface area (Å²) in [5.74, 6) is 0. The van der Waals surface area contributed by atoms with Crippen molar-refractivity contribution in [3.8, 4) is 0 Å². The highest BCUT2D eigenvalue weighted by Gasteiger charge is 2.01. The van der Waals surface area contributed by atoms with Crippen molar-refractivity contribution in [2.24, 2.45) is 0 Å². The first-order chi connectivity index (χ1) is 6.16. The maximum absolute atomic E-state index is 5.87. The predicted molar refractivity (Wildman–Crippen MR) is 54.0 cm³/mol. The summed E-state index contributed by atoms with van der Waals surface area (Å²) in [6.07, 6.45) is 0. The van der Waals surface area contributed by atoms with E-state index in [4.69, 9.17) is 11.6 Å². The molecule has 0 aliphatic carbocycles. The third-order valence-corrected chi connectivity index (χ3v) is 2.29. The Kier molecular flexibility index (Phi) is 1.93. The molecule has 3 heteroatoms. The van der Waals surface area contributed by atoms with Gasteiger partial charge in [-0.25, -0.2) is 9.97 Å². The molecule has 0 fully saturated rings. The van der Waals surface area contributed by atoms with Crippen LogP contribution in [0.2, 0.25) is 5.15 Å². The molecule has 0 unspecified atom stereocenters. The zero-order chi connectivity index (χ0) is 9.42. The van der Waals surface area contributed by atoms with Crippen LogP contribution in [0.15, 0.2) is 18.2 Å². The molecule has 0 aliphatic heterocycles. The van der Waals surface area contributed by atoms with Crippen molar-refractivity contribution in [3.63, 3.8) is 0 Å². The molecule has 66 valence electrons. The molecule has 0 saturated carbocycles. The van der Waals surface area contributed by atoms with Gasteiger partial charge < -0.3 is 0 Å². The van der Waals surface area contributed by atoms with E-state index in [0.29, 0.717) is 5.15 Å². The number of fused-ring (bicyclic) bond motifs is 1. The lowest BCUT2D eigenvalue weighted by Crippen LogP contribution is -1.89. The Morgan fingerprint density at radius 1 is 1.08 bits per heavy atom. The van der Waals surface area contributed by atoms with Crippen molar-refractivity contribution in [3.05, 3.63) is 34.6 Å². The fourth-order valence-corrected chi connectivity index (χ4v) is 1.36. The van der Waals surface area contributed by atoms with Crippen molar-refractivity contribution < 1.29 is 0 Å². The minimum Gasteiger partial charge on any atom is -0.248 e. The molecule has 1 heterocycles. The smallest absolute Gasteiger partial charge is 0.150 e. The Morgan fingerprint density at radius 3 is 2.62 bits per heavy atom. The summed E-state index contributed by atoms with van der Waals surface area (Å²) in [5.41, 5.74) is 3.70. The van der Waals surface area contributed by atoms with E-state index in [0.717, 1.165) is 16.7 Å². The average Bonchev–Trinajstić information content (AvgIpc) is 2.08. The highest BCUT2D eigenvalue weighted by atomic mass is 35.5. The standard InChI is InChI=1S/C10H9ClN2/c1-6-3-4-8-9(5-6)13-10(11)7(2)12-8/h3-5H,1-2H3. The first kappa shape index (κ1) is 8.45. The fraction of sp³-hybridized carbons (Fsp3) is 0.200. The molecule has 0 amide bonds. The maximum Gasteiger partial charge on any atom is 0.150 e. The third-order valence-electron chi connectivity index (χ3n) is 1.94. The highest BCUT2D eigenvalue weighted by Crippen LogP contribution is 2.16. The lowest BCUT2D eigenvalue weighted by Gasteiger charge is -2.00. The van der Waals surface area contributed by atoms with Crippen LogP contribution in [0.4, 0.5) is 0 Å². The van der Waals surface area contributed by atoms with Crippen molar-refractivity contribution >= 4 is 22.6 Å². The summed E-state index contributed by atoms with van der Waals surface area (Å²) in [4.78, 5) is 8.56. The number of hydrogen-bond acceptors (Lipinski definition) is 2. The summed E-state index contributed by atoms with van der Waals surface area (Å²) in [7, 11) is 0. The number of aromatic nitrogens is 2. The van der Waals surface area contributed by atoms with Gasteiger partial charge in [0.25, 0.3) is 0 Å². The van der Waals surface area contributed by atoms with Gasteiger partial charge in [-0.3, -0.25) is 0 Å². The van der Waals surface area contributed by atoms with Crippen molar-refractivity contribution in [1.82, 2.24) is 9.97 Å². The van der Waals surface area contributed by atoms with E-state index in [1.54, 1.807) is 0 Å². The van der Waals surface area contributed by atoms with E-state index in [1.165, 1.54) is 5.56 Å². The van der Waals surface area contributed by atoms with Gasteiger partial charge >= 0.3 is 0 Å². The number of rotatable bonds is 0. The summed E-state index contributed by atoms with van der Waals surface area (Å²) in [6.45, 7) is 3.88. The number of aryl methyl sites for hydroxylation is 2. The highest BCUT2D eigenvalue weighted by molar-refractivity contribution is 6.30. The van der Waals surface area contributed by atoms with E-state index in [2.05, 4.69) is 9.97 Å². The van der Waals surface area contributed by atoms with Crippen LogP contribution in [0.5, 0.6) is 0 Å². The van der Waals surface area contributed by atoms with E-state index in [-0.39, 0.29) is 0 Å². The van der Waals surface area contributed by atoms with Crippen molar-refractivity contribution in [2.75, 3.05) is 0 Å². The molecule has 2 aromatic rings. The molecular formula is C10H9ClN2. The number of benzene rings is 1. The lowest BCUT2D eigenvalue weighted by molar-refractivity contribution is 1.18. The molecule has 1 aromatic carbocycles. The molecule has 0 N–H and O–H groups in total. The fourth-order valence-electron chi connectivity index (χ4n) is 1.23. The van der Waals surface area contributed by atoms with E-state index >= 15 is 0 Å². The van der Waals surface area contributed by atoms with Gasteiger partial charge in [0, 0.05) is 0 Å². The van der Waals surface area contributed by atoms with Gasteiger partial charge in [-0.2, -0.15) is 0 Å². The zero-order valence-corrected chi connectivity index (χ0v) is 8.26.